The van der Waals surface area contributed by atoms with Crippen molar-refractivity contribution in [2.75, 3.05) is 23.7 Å². The van der Waals surface area contributed by atoms with Crippen LogP contribution in [0.5, 0.6) is 0 Å². The topological polar surface area (TPSA) is 61.4 Å². The quantitative estimate of drug-likeness (QED) is 0.890. The van der Waals surface area contributed by atoms with Gasteiger partial charge in [-0.25, -0.2) is 4.79 Å². The third-order valence-electron chi connectivity index (χ3n) is 4.80. The van der Waals surface area contributed by atoms with Crippen molar-refractivity contribution in [3.63, 3.8) is 0 Å². The zero-order valence-electron chi connectivity index (χ0n) is 13.5. The van der Waals surface area contributed by atoms with Crippen LogP contribution < -0.4 is 10.6 Å². The molecule has 5 heteroatoms. The van der Waals surface area contributed by atoms with E-state index < -0.39 is 0 Å². The molecule has 23 heavy (non-hydrogen) atoms. The number of nitrogens with zero attached hydrogens (tertiary/aromatic N) is 1. The molecule has 1 saturated heterocycles. The Morgan fingerprint density at radius 2 is 1.48 bits per heavy atom. The van der Waals surface area contributed by atoms with Gasteiger partial charge in [0.25, 0.3) is 0 Å². The summed E-state index contributed by atoms with van der Waals surface area (Å²) in [5, 5.41) is 5.94. The number of amides is 3. The number of anilines is 2. The molecule has 0 spiro atoms. The van der Waals surface area contributed by atoms with Gasteiger partial charge in [0.2, 0.25) is 5.91 Å². The fraction of sp³-hybridized carbons (Fsp3) is 0.556. The maximum absolute atomic E-state index is 12.4. The van der Waals surface area contributed by atoms with Crippen molar-refractivity contribution in [3.8, 4) is 0 Å². The molecule has 1 heterocycles. The van der Waals surface area contributed by atoms with Crippen molar-refractivity contribution in [3.05, 3.63) is 24.3 Å². The second-order valence-electron chi connectivity index (χ2n) is 6.49. The van der Waals surface area contributed by atoms with E-state index in [4.69, 9.17) is 0 Å². The lowest BCUT2D eigenvalue weighted by atomic mass is 9.88. The third kappa shape index (κ3) is 4.03. The number of rotatable bonds is 3. The molecule has 0 bridgehead atoms. The first kappa shape index (κ1) is 15.8. The van der Waals surface area contributed by atoms with E-state index >= 15 is 0 Å². The first-order valence-electron chi connectivity index (χ1n) is 8.70. The van der Waals surface area contributed by atoms with Gasteiger partial charge in [-0.05, 0) is 37.8 Å². The molecule has 3 rings (SSSR count). The number of hydrogen-bond donors (Lipinski definition) is 2. The molecule has 2 N–H and O–H groups in total. The number of carbonyl (C=O) groups is 2. The van der Waals surface area contributed by atoms with Crippen LogP contribution in [0.3, 0.4) is 0 Å². The van der Waals surface area contributed by atoms with Gasteiger partial charge in [-0.2, -0.15) is 0 Å². The van der Waals surface area contributed by atoms with Crippen molar-refractivity contribution >= 4 is 23.3 Å². The molecule has 0 atom stereocenters. The van der Waals surface area contributed by atoms with Crippen LogP contribution in [-0.4, -0.2) is 29.9 Å². The Balaban J connectivity index is 1.65. The van der Waals surface area contributed by atoms with E-state index in [1.165, 1.54) is 6.42 Å². The van der Waals surface area contributed by atoms with Gasteiger partial charge in [0, 0.05) is 19.0 Å². The maximum atomic E-state index is 12.4. The van der Waals surface area contributed by atoms with Crippen LogP contribution in [0.4, 0.5) is 16.2 Å². The highest BCUT2D eigenvalue weighted by molar-refractivity contribution is 5.99. The molecule has 1 aliphatic heterocycles. The third-order valence-corrected chi connectivity index (χ3v) is 4.80. The predicted octanol–water partition coefficient (Wildman–Crippen LogP) is 3.83. The van der Waals surface area contributed by atoms with E-state index in [0.717, 1.165) is 51.6 Å². The monoisotopic (exact) mass is 315 g/mol. The number of likely N-dealkylation sites (tertiary alicyclic amines) is 1. The number of nitrogens with one attached hydrogen (secondary N) is 2. The molecule has 2 aliphatic rings. The Kier molecular flexibility index (Phi) is 5.16. The van der Waals surface area contributed by atoms with Crippen LogP contribution >= 0.6 is 0 Å². The molecule has 0 aromatic heterocycles. The lowest BCUT2D eigenvalue weighted by molar-refractivity contribution is -0.120. The fourth-order valence-electron chi connectivity index (χ4n) is 3.42. The van der Waals surface area contributed by atoms with E-state index in [-0.39, 0.29) is 17.9 Å². The van der Waals surface area contributed by atoms with Gasteiger partial charge in [0.1, 0.15) is 0 Å². The fourth-order valence-corrected chi connectivity index (χ4v) is 3.42. The second kappa shape index (κ2) is 7.49. The molecule has 1 aliphatic carbocycles. The van der Waals surface area contributed by atoms with Gasteiger partial charge >= 0.3 is 6.03 Å². The zero-order valence-corrected chi connectivity index (χ0v) is 13.5. The normalized spacial score (nSPS) is 18.7. The summed E-state index contributed by atoms with van der Waals surface area (Å²) in [6.45, 7) is 1.62. The smallest absolute Gasteiger partial charge is 0.321 e. The number of urea groups is 1. The molecule has 1 saturated carbocycles. The molecule has 0 radical (unpaired) electrons. The SMILES string of the molecule is O=C(Nc1ccccc1NC(=O)N1CCCC1)C1CCCCC1. The minimum atomic E-state index is -0.0816. The van der Waals surface area contributed by atoms with Gasteiger partial charge < -0.3 is 15.5 Å². The number of hydrogen-bond acceptors (Lipinski definition) is 2. The van der Waals surface area contributed by atoms with E-state index in [1.807, 2.05) is 29.2 Å². The van der Waals surface area contributed by atoms with E-state index in [1.54, 1.807) is 0 Å². The minimum Gasteiger partial charge on any atom is -0.325 e. The van der Waals surface area contributed by atoms with Crippen molar-refractivity contribution in [2.45, 2.75) is 44.9 Å². The number of para-hydroxylation sites is 2. The Hall–Kier alpha value is -2.04. The van der Waals surface area contributed by atoms with Crippen LogP contribution in [0.2, 0.25) is 0 Å². The highest BCUT2D eigenvalue weighted by Gasteiger charge is 2.23. The molecule has 2 fully saturated rings. The molecule has 124 valence electrons. The van der Waals surface area contributed by atoms with Crippen LogP contribution in [0.15, 0.2) is 24.3 Å². The standard InChI is InChI=1S/C18H25N3O2/c22-17(14-8-2-1-3-9-14)19-15-10-4-5-11-16(15)20-18(23)21-12-6-7-13-21/h4-5,10-11,14H,1-3,6-9,12-13H2,(H,19,22)(H,20,23). The molecule has 1 aromatic rings. The Bertz CT molecular complexity index is 561. The second-order valence-corrected chi connectivity index (χ2v) is 6.49. The Labute approximate surface area is 137 Å². The molecule has 1 aromatic carbocycles. The first-order valence-corrected chi connectivity index (χ1v) is 8.70. The summed E-state index contributed by atoms with van der Waals surface area (Å²) in [6.07, 6.45) is 7.55. The molecule has 5 nitrogen and oxygen atoms in total. The summed E-state index contributed by atoms with van der Waals surface area (Å²) >= 11 is 0. The van der Waals surface area contributed by atoms with E-state index in [0.29, 0.717) is 11.4 Å². The van der Waals surface area contributed by atoms with Crippen LogP contribution in [0, 0.1) is 5.92 Å². The van der Waals surface area contributed by atoms with Gasteiger partial charge in [-0.15, -0.1) is 0 Å². The van der Waals surface area contributed by atoms with Crippen molar-refractivity contribution in [1.29, 1.82) is 0 Å². The van der Waals surface area contributed by atoms with E-state index in [2.05, 4.69) is 10.6 Å². The van der Waals surface area contributed by atoms with Crippen molar-refractivity contribution in [1.82, 2.24) is 4.90 Å². The highest BCUT2D eigenvalue weighted by Crippen LogP contribution is 2.27. The Morgan fingerprint density at radius 3 is 2.13 bits per heavy atom. The summed E-state index contributed by atoms with van der Waals surface area (Å²) in [5.74, 6) is 0.179. The number of benzene rings is 1. The average molecular weight is 315 g/mol. The summed E-state index contributed by atoms with van der Waals surface area (Å²) in [7, 11) is 0. The van der Waals surface area contributed by atoms with Gasteiger partial charge in [0.05, 0.1) is 11.4 Å². The van der Waals surface area contributed by atoms with Gasteiger partial charge in [-0.3, -0.25) is 4.79 Å². The molecular formula is C18H25N3O2. The summed E-state index contributed by atoms with van der Waals surface area (Å²) in [5.41, 5.74) is 1.36. The van der Waals surface area contributed by atoms with Gasteiger partial charge in [-0.1, -0.05) is 31.4 Å². The molecule has 3 amide bonds. The van der Waals surface area contributed by atoms with Gasteiger partial charge in [0.15, 0.2) is 0 Å². The largest absolute Gasteiger partial charge is 0.325 e. The Morgan fingerprint density at radius 1 is 0.870 bits per heavy atom. The van der Waals surface area contributed by atoms with E-state index in [9.17, 15) is 9.59 Å². The molecule has 0 unspecified atom stereocenters. The van der Waals surface area contributed by atoms with Crippen LogP contribution in [-0.2, 0) is 4.79 Å². The summed E-state index contributed by atoms with van der Waals surface area (Å²) < 4.78 is 0. The molecular weight excluding hydrogens is 290 g/mol. The van der Waals surface area contributed by atoms with Crippen molar-refractivity contribution in [2.24, 2.45) is 5.92 Å². The number of carbonyl (C=O) groups excluding carboxylic acids is 2. The maximum Gasteiger partial charge on any atom is 0.321 e. The minimum absolute atomic E-state index is 0.0765. The first-order chi connectivity index (χ1) is 11.2. The summed E-state index contributed by atoms with van der Waals surface area (Å²) in [6, 6.07) is 7.35. The predicted molar refractivity (Wildman–Crippen MR) is 91.5 cm³/mol. The van der Waals surface area contributed by atoms with Crippen LogP contribution in [0.1, 0.15) is 44.9 Å². The zero-order chi connectivity index (χ0) is 16.1. The lowest BCUT2D eigenvalue weighted by Crippen LogP contribution is -2.32. The highest BCUT2D eigenvalue weighted by atomic mass is 16.2. The lowest BCUT2D eigenvalue weighted by Gasteiger charge is -2.22. The average Bonchev–Trinajstić information content (AvgIpc) is 3.12. The van der Waals surface area contributed by atoms with Crippen molar-refractivity contribution < 1.29 is 9.59 Å². The summed E-state index contributed by atoms with van der Waals surface area (Å²) in [4.78, 5) is 26.5. The van der Waals surface area contributed by atoms with Crippen LogP contribution in [0.25, 0.3) is 0 Å².